The van der Waals surface area contributed by atoms with Crippen LogP contribution in [0.2, 0.25) is 0 Å². The van der Waals surface area contributed by atoms with Crippen molar-refractivity contribution >= 4 is 15.9 Å². The van der Waals surface area contributed by atoms with Crippen LogP contribution >= 0.6 is 0 Å². The van der Waals surface area contributed by atoms with Gasteiger partial charge in [0.25, 0.3) is 0 Å². The summed E-state index contributed by atoms with van der Waals surface area (Å²) in [5.41, 5.74) is -0.780. The molecule has 0 N–H and O–H groups in total. The van der Waals surface area contributed by atoms with Crippen molar-refractivity contribution in [3.8, 4) is 5.75 Å². The normalized spacial score (nSPS) is 22.2. The summed E-state index contributed by atoms with van der Waals surface area (Å²) < 4.78 is 61.7. The lowest BCUT2D eigenvalue weighted by Gasteiger charge is -2.43. The van der Waals surface area contributed by atoms with Crippen molar-refractivity contribution in [2.24, 2.45) is 5.41 Å². The Kier molecular flexibility index (Phi) is 7.73. The summed E-state index contributed by atoms with van der Waals surface area (Å²) in [4.78, 5) is 16.7. The van der Waals surface area contributed by atoms with E-state index in [9.17, 15) is 22.0 Å². The third-order valence-corrected chi connectivity index (χ3v) is 8.69. The number of ether oxygens (including phenoxy) is 1. The molecule has 2 aromatic rings. The molecule has 0 saturated carbocycles. The maximum atomic E-state index is 14.4. The lowest BCUT2D eigenvalue weighted by Crippen LogP contribution is -2.53. The van der Waals surface area contributed by atoms with E-state index < -0.39 is 32.0 Å². The number of piperazine rings is 1. The summed E-state index contributed by atoms with van der Waals surface area (Å²) in [6.07, 6.45) is 1.22. The van der Waals surface area contributed by atoms with E-state index in [1.807, 2.05) is 30.1 Å². The Hall–Kier alpha value is -2.56. The van der Waals surface area contributed by atoms with E-state index in [0.29, 0.717) is 37.7 Å². The minimum absolute atomic E-state index is 0.0124. The van der Waals surface area contributed by atoms with E-state index in [4.69, 9.17) is 4.74 Å². The average molecular weight is 508 g/mol. The number of benzene rings is 2. The summed E-state index contributed by atoms with van der Waals surface area (Å²) in [5, 5.41) is 0. The zero-order valence-electron chi connectivity index (χ0n) is 19.8. The summed E-state index contributed by atoms with van der Waals surface area (Å²) in [6, 6.07) is 11.6. The van der Waals surface area contributed by atoms with Crippen LogP contribution in [0.25, 0.3) is 0 Å². The minimum atomic E-state index is -4.23. The highest BCUT2D eigenvalue weighted by molar-refractivity contribution is 7.89. The number of hydrogen-bond acceptors (Lipinski definition) is 5. The second kappa shape index (κ2) is 10.6. The molecule has 0 spiro atoms. The molecule has 7 nitrogen and oxygen atoms in total. The third-order valence-electron chi connectivity index (χ3n) is 6.81. The molecule has 2 fully saturated rings. The van der Waals surface area contributed by atoms with Crippen LogP contribution in [0, 0.1) is 17.0 Å². The Balaban J connectivity index is 1.58. The average Bonchev–Trinajstić information content (AvgIpc) is 2.84. The molecule has 1 amide bonds. The number of carbonyl (C=O) groups excluding carboxylic acids is 1. The molecule has 0 radical (unpaired) electrons. The number of rotatable bonds is 7. The highest BCUT2D eigenvalue weighted by Crippen LogP contribution is 2.38. The zero-order chi connectivity index (χ0) is 25.1. The van der Waals surface area contributed by atoms with Gasteiger partial charge in [0.2, 0.25) is 15.9 Å². The second-order valence-electron chi connectivity index (χ2n) is 9.48. The molecule has 0 bridgehead atoms. The van der Waals surface area contributed by atoms with Crippen LogP contribution < -0.4 is 4.74 Å². The SMILES string of the molecule is CN1CCN(C(=O)C[C@]2(COc3ccccc3)CCCN(S(=O)(=O)c3ccc(F)cc3F)C2)CC1. The fourth-order valence-corrected chi connectivity index (χ4v) is 6.38. The van der Waals surface area contributed by atoms with Crippen molar-refractivity contribution in [2.75, 3.05) is 52.9 Å². The summed E-state index contributed by atoms with van der Waals surface area (Å²) in [5.74, 6) is -1.39. The summed E-state index contributed by atoms with van der Waals surface area (Å²) >= 11 is 0. The Labute approximate surface area is 205 Å². The van der Waals surface area contributed by atoms with Gasteiger partial charge in [-0.15, -0.1) is 0 Å². The summed E-state index contributed by atoms with van der Waals surface area (Å²) in [6.45, 7) is 3.15. The third kappa shape index (κ3) is 5.99. The fraction of sp³-hybridized carbons (Fsp3) is 0.480. The van der Waals surface area contributed by atoms with E-state index in [0.717, 1.165) is 25.2 Å². The molecular weight excluding hydrogens is 476 g/mol. The van der Waals surface area contributed by atoms with Crippen LogP contribution in [0.1, 0.15) is 19.3 Å². The van der Waals surface area contributed by atoms with Gasteiger partial charge in [0.15, 0.2) is 0 Å². The van der Waals surface area contributed by atoms with Crippen molar-refractivity contribution in [2.45, 2.75) is 24.2 Å². The van der Waals surface area contributed by atoms with E-state index in [2.05, 4.69) is 4.90 Å². The van der Waals surface area contributed by atoms with Gasteiger partial charge in [0.05, 0.1) is 6.61 Å². The van der Waals surface area contributed by atoms with E-state index >= 15 is 0 Å². The van der Waals surface area contributed by atoms with Crippen LogP contribution in [0.4, 0.5) is 8.78 Å². The number of amides is 1. The second-order valence-corrected chi connectivity index (χ2v) is 11.4. The molecule has 2 aliphatic rings. The number of para-hydroxylation sites is 1. The number of likely N-dealkylation sites (N-methyl/N-ethyl adjacent to an activating group) is 1. The first-order valence-corrected chi connectivity index (χ1v) is 13.2. The standard InChI is InChI=1S/C25H31F2N3O4S/c1-28-12-14-29(15-13-28)24(31)17-25(19-34-21-6-3-2-4-7-21)10-5-11-30(18-25)35(32,33)23-9-8-20(26)16-22(23)27/h2-4,6-9,16H,5,10-15,17-19H2,1H3/t25-/m1/s1. The molecule has 0 unspecified atom stereocenters. The lowest BCUT2D eigenvalue weighted by molar-refractivity contribution is -0.136. The largest absolute Gasteiger partial charge is 0.493 e. The highest BCUT2D eigenvalue weighted by atomic mass is 32.2. The molecule has 4 rings (SSSR count). The first-order chi connectivity index (χ1) is 16.7. The van der Waals surface area contributed by atoms with Crippen molar-refractivity contribution < 1.29 is 26.7 Å². The molecular formula is C25H31F2N3O4S. The van der Waals surface area contributed by atoms with Gasteiger partial charge >= 0.3 is 0 Å². The summed E-state index contributed by atoms with van der Waals surface area (Å²) in [7, 11) is -2.22. The van der Waals surface area contributed by atoms with Crippen molar-refractivity contribution in [3.05, 3.63) is 60.2 Å². The van der Waals surface area contributed by atoms with Crippen molar-refractivity contribution in [1.29, 1.82) is 0 Å². The Bertz CT molecular complexity index is 1140. The predicted octanol–water partition coefficient (Wildman–Crippen LogP) is 2.98. The molecule has 0 aliphatic carbocycles. The van der Waals surface area contributed by atoms with Crippen LogP contribution in [0.3, 0.4) is 0 Å². The first kappa shape index (κ1) is 25.5. The van der Waals surface area contributed by atoms with Crippen molar-refractivity contribution in [1.82, 2.24) is 14.1 Å². The number of hydrogen-bond donors (Lipinski definition) is 0. The van der Waals surface area contributed by atoms with Crippen LogP contribution in [0.5, 0.6) is 5.75 Å². The number of halogens is 2. The molecule has 2 saturated heterocycles. The molecule has 35 heavy (non-hydrogen) atoms. The first-order valence-electron chi connectivity index (χ1n) is 11.8. The maximum Gasteiger partial charge on any atom is 0.246 e. The molecule has 10 heteroatoms. The van der Waals surface area contributed by atoms with E-state index in [-0.39, 0.29) is 32.0 Å². The van der Waals surface area contributed by atoms with Crippen molar-refractivity contribution in [3.63, 3.8) is 0 Å². The Morgan fingerprint density at radius 3 is 2.43 bits per heavy atom. The number of sulfonamides is 1. The molecule has 2 aliphatic heterocycles. The number of carbonyl (C=O) groups is 1. The lowest BCUT2D eigenvalue weighted by atomic mass is 9.78. The molecule has 2 heterocycles. The van der Waals surface area contributed by atoms with E-state index in [1.54, 1.807) is 12.1 Å². The van der Waals surface area contributed by atoms with Crippen LogP contribution in [0.15, 0.2) is 53.4 Å². The molecule has 2 aromatic carbocycles. The zero-order valence-corrected chi connectivity index (χ0v) is 20.6. The quantitative estimate of drug-likeness (QED) is 0.577. The van der Waals surface area contributed by atoms with Gasteiger partial charge in [-0.1, -0.05) is 18.2 Å². The Morgan fingerprint density at radius 1 is 1.03 bits per heavy atom. The topological polar surface area (TPSA) is 70.2 Å². The highest BCUT2D eigenvalue weighted by Gasteiger charge is 2.43. The smallest absolute Gasteiger partial charge is 0.246 e. The van der Waals surface area contributed by atoms with Gasteiger partial charge in [-0.05, 0) is 44.2 Å². The van der Waals surface area contributed by atoms with Gasteiger partial charge in [-0.2, -0.15) is 4.31 Å². The molecule has 190 valence electrons. The fourth-order valence-electron chi connectivity index (χ4n) is 4.75. The number of piperidine rings is 1. The van der Waals surface area contributed by atoms with Crippen LogP contribution in [-0.4, -0.2) is 81.4 Å². The van der Waals surface area contributed by atoms with Gasteiger partial charge in [0.1, 0.15) is 22.3 Å². The Morgan fingerprint density at radius 2 is 1.74 bits per heavy atom. The number of nitrogens with zero attached hydrogens (tertiary/aromatic N) is 3. The monoisotopic (exact) mass is 507 g/mol. The molecule has 1 atom stereocenters. The van der Waals surface area contributed by atoms with Gasteiger partial charge in [0, 0.05) is 57.2 Å². The van der Waals surface area contributed by atoms with Crippen LogP contribution in [-0.2, 0) is 14.8 Å². The van der Waals surface area contributed by atoms with Gasteiger partial charge in [-0.3, -0.25) is 4.79 Å². The maximum absolute atomic E-state index is 14.4. The van der Waals surface area contributed by atoms with Gasteiger partial charge < -0.3 is 14.5 Å². The van der Waals surface area contributed by atoms with Gasteiger partial charge in [-0.25, -0.2) is 17.2 Å². The minimum Gasteiger partial charge on any atom is -0.493 e. The van der Waals surface area contributed by atoms with E-state index in [1.165, 1.54) is 4.31 Å². The predicted molar refractivity (Wildman–Crippen MR) is 127 cm³/mol. The molecule has 0 aromatic heterocycles.